The highest BCUT2D eigenvalue weighted by molar-refractivity contribution is 6.42. The van der Waals surface area contributed by atoms with Crippen LogP contribution in [0.4, 0.5) is 13.2 Å². The van der Waals surface area contributed by atoms with Crippen LogP contribution in [0.2, 0.25) is 0 Å². The molecular formula is C21H18F3NO4. The van der Waals surface area contributed by atoms with Crippen LogP contribution in [0, 0.1) is 5.92 Å². The quantitative estimate of drug-likeness (QED) is 0.545. The van der Waals surface area contributed by atoms with E-state index in [4.69, 9.17) is 0 Å². The summed E-state index contributed by atoms with van der Waals surface area (Å²) in [6, 6.07) is 13.3. The predicted octanol–water partition coefficient (Wildman–Crippen LogP) is 3.49. The van der Waals surface area contributed by atoms with Crippen LogP contribution >= 0.6 is 0 Å². The number of carbonyl (C=O) groups excluding carboxylic acids is 3. The molecule has 1 saturated heterocycles. The third-order valence-corrected chi connectivity index (χ3v) is 4.78. The average molecular weight is 405 g/mol. The van der Waals surface area contributed by atoms with E-state index in [9.17, 15) is 27.6 Å². The number of nitrogens with zero attached hydrogens (tertiary/aromatic N) is 1. The van der Waals surface area contributed by atoms with Gasteiger partial charge in [0.25, 0.3) is 5.91 Å². The fourth-order valence-electron chi connectivity index (χ4n) is 3.51. The van der Waals surface area contributed by atoms with Crippen molar-refractivity contribution in [2.75, 3.05) is 6.54 Å². The fraction of sp³-hybridized carbons (Fsp3) is 0.286. The van der Waals surface area contributed by atoms with Gasteiger partial charge < -0.3 is 9.64 Å². The van der Waals surface area contributed by atoms with E-state index < -0.39 is 41.5 Å². The maximum atomic E-state index is 12.5. The van der Waals surface area contributed by atoms with Gasteiger partial charge >= 0.3 is 6.36 Å². The van der Waals surface area contributed by atoms with Crippen molar-refractivity contribution in [2.45, 2.75) is 25.7 Å². The first-order valence-electron chi connectivity index (χ1n) is 8.92. The molecule has 1 fully saturated rings. The molecular weight excluding hydrogens is 387 g/mol. The molecule has 0 saturated carbocycles. The van der Waals surface area contributed by atoms with Gasteiger partial charge in [0, 0.05) is 6.54 Å². The predicted molar refractivity (Wildman–Crippen MR) is 96.9 cm³/mol. The molecule has 8 heteroatoms. The van der Waals surface area contributed by atoms with Crippen LogP contribution in [0.25, 0.3) is 0 Å². The molecule has 1 aliphatic heterocycles. The summed E-state index contributed by atoms with van der Waals surface area (Å²) in [6.07, 6.45) is -4.36. The molecule has 152 valence electrons. The first-order chi connectivity index (χ1) is 13.7. The third kappa shape index (κ3) is 4.64. The van der Waals surface area contributed by atoms with Gasteiger partial charge in [-0.25, -0.2) is 0 Å². The first-order valence-corrected chi connectivity index (χ1v) is 8.92. The lowest BCUT2D eigenvalue weighted by atomic mass is 9.90. The van der Waals surface area contributed by atoms with E-state index >= 15 is 0 Å². The highest BCUT2D eigenvalue weighted by Gasteiger charge is 2.50. The van der Waals surface area contributed by atoms with Crippen molar-refractivity contribution >= 4 is 17.5 Å². The van der Waals surface area contributed by atoms with Crippen molar-refractivity contribution < 1.29 is 32.3 Å². The molecule has 2 unspecified atom stereocenters. The number of carbonyl (C=O) groups is 3. The van der Waals surface area contributed by atoms with Crippen molar-refractivity contribution in [1.29, 1.82) is 0 Å². The van der Waals surface area contributed by atoms with Crippen molar-refractivity contribution in [3.63, 3.8) is 0 Å². The fourth-order valence-corrected chi connectivity index (χ4v) is 3.51. The van der Waals surface area contributed by atoms with Crippen LogP contribution < -0.4 is 4.74 Å². The SMILES string of the molecule is CC(=O)C1C(=O)C(=O)N(CCc2ccccc2)C1c1ccc(OC(F)(F)F)cc1. The Bertz CT molecular complexity index is 910. The number of likely N-dealkylation sites (tertiary alicyclic amines) is 1. The van der Waals surface area contributed by atoms with Crippen molar-refractivity contribution in [2.24, 2.45) is 5.92 Å². The Labute approximate surface area is 165 Å². The zero-order chi connectivity index (χ0) is 21.2. The maximum absolute atomic E-state index is 12.5. The van der Waals surface area contributed by atoms with E-state index in [1.165, 1.54) is 24.0 Å². The molecule has 2 atom stereocenters. The molecule has 0 aromatic heterocycles. The Hall–Kier alpha value is -3.16. The second-order valence-electron chi connectivity index (χ2n) is 6.75. The number of benzene rings is 2. The van der Waals surface area contributed by atoms with Gasteiger partial charge in [-0.05, 0) is 36.6 Å². The topological polar surface area (TPSA) is 63.7 Å². The minimum atomic E-state index is -4.83. The van der Waals surface area contributed by atoms with Gasteiger partial charge in [-0.3, -0.25) is 14.4 Å². The van der Waals surface area contributed by atoms with Crippen LogP contribution in [0.15, 0.2) is 54.6 Å². The Morgan fingerprint density at radius 2 is 1.66 bits per heavy atom. The molecule has 1 aliphatic rings. The minimum absolute atomic E-state index is 0.198. The van der Waals surface area contributed by atoms with Gasteiger partial charge in [0.2, 0.25) is 5.78 Å². The second-order valence-corrected chi connectivity index (χ2v) is 6.75. The lowest BCUT2D eigenvalue weighted by Crippen LogP contribution is -2.32. The van der Waals surface area contributed by atoms with E-state index in [0.29, 0.717) is 12.0 Å². The summed E-state index contributed by atoms with van der Waals surface area (Å²) in [6.45, 7) is 1.43. The third-order valence-electron chi connectivity index (χ3n) is 4.78. The number of amides is 1. The van der Waals surface area contributed by atoms with Gasteiger partial charge in [0.15, 0.2) is 0 Å². The second kappa shape index (κ2) is 8.06. The normalized spacial score (nSPS) is 19.5. The maximum Gasteiger partial charge on any atom is 0.573 e. The standard InChI is InChI=1S/C21H18F3NO4/c1-13(26)17-18(15-7-9-16(10-8-15)29-21(22,23)24)25(20(28)19(17)27)12-11-14-5-3-2-4-6-14/h2-10,17-18H,11-12H2,1H3. The van der Waals surface area contributed by atoms with E-state index in [1.807, 2.05) is 30.3 Å². The smallest absolute Gasteiger partial charge is 0.406 e. The van der Waals surface area contributed by atoms with Gasteiger partial charge in [-0.15, -0.1) is 13.2 Å². The average Bonchev–Trinajstić information content (AvgIpc) is 2.91. The molecule has 1 amide bonds. The highest BCUT2D eigenvalue weighted by Crippen LogP contribution is 2.37. The Morgan fingerprint density at radius 1 is 1.03 bits per heavy atom. The van der Waals surface area contributed by atoms with Crippen LogP contribution in [-0.2, 0) is 20.8 Å². The summed E-state index contributed by atoms with van der Waals surface area (Å²) < 4.78 is 41.0. The number of hydrogen-bond acceptors (Lipinski definition) is 4. The monoisotopic (exact) mass is 405 g/mol. The summed E-state index contributed by atoms with van der Waals surface area (Å²) in [5.74, 6) is -3.64. The van der Waals surface area contributed by atoms with E-state index in [-0.39, 0.29) is 6.54 Å². The Morgan fingerprint density at radius 3 is 2.21 bits per heavy atom. The molecule has 2 aromatic carbocycles. The van der Waals surface area contributed by atoms with Crippen LogP contribution in [0.1, 0.15) is 24.1 Å². The van der Waals surface area contributed by atoms with Gasteiger partial charge in [0.05, 0.1) is 6.04 Å². The van der Waals surface area contributed by atoms with Crippen LogP contribution in [-0.4, -0.2) is 35.3 Å². The van der Waals surface area contributed by atoms with E-state index in [0.717, 1.165) is 17.7 Å². The largest absolute Gasteiger partial charge is 0.573 e. The van der Waals surface area contributed by atoms with Gasteiger partial charge in [-0.2, -0.15) is 0 Å². The number of Topliss-reactive ketones (excluding diaryl/α,β-unsaturated/α-hetero) is 2. The van der Waals surface area contributed by atoms with Gasteiger partial charge in [-0.1, -0.05) is 42.5 Å². The summed E-state index contributed by atoms with van der Waals surface area (Å²) in [5.41, 5.74) is 1.35. The summed E-state index contributed by atoms with van der Waals surface area (Å²) in [4.78, 5) is 38.4. The Balaban J connectivity index is 1.88. The lowest BCUT2D eigenvalue weighted by Gasteiger charge is -2.27. The van der Waals surface area contributed by atoms with Crippen LogP contribution in [0.3, 0.4) is 0 Å². The number of hydrogen-bond donors (Lipinski definition) is 0. The van der Waals surface area contributed by atoms with Crippen molar-refractivity contribution in [3.05, 3.63) is 65.7 Å². The molecule has 0 spiro atoms. The van der Waals surface area contributed by atoms with E-state index in [1.54, 1.807) is 0 Å². The number of halogens is 3. The van der Waals surface area contributed by atoms with Crippen molar-refractivity contribution in [1.82, 2.24) is 4.90 Å². The summed E-state index contributed by atoms with van der Waals surface area (Å²) in [5, 5.41) is 0. The minimum Gasteiger partial charge on any atom is -0.406 e. The summed E-state index contributed by atoms with van der Waals surface area (Å²) in [7, 11) is 0. The molecule has 29 heavy (non-hydrogen) atoms. The van der Waals surface area contributed by atoms with Crippen LogP contribution in [0.5, 0.6) is 5.75 Å². The molecule has 0 aliphatic carbocycles. The molecule has 1 heterocycles. The zero-order valence-electron chi connectivity index (χ0n) is 15.5. The summed E-state index contributed by atoms with van der Waals surface area (Å²) >= 11 is 0. The number of alkyl halides is 3. The molecule has 0 radical (unpaired) electrons. The van der Waals surface area contributed by atoms with Gasteiger partial charge in [0.1, 0.15) is 17.5 Å². The number of ketones is 2. The Kier molecular flexibility index (Phi) is 5.72. The first kappa shape index (κ1) is 20.6. The molecule has 5 nitrogen and oxygen atoms in total. The van der Waals surface area contributed by atoms with Crippen molar-refractivity contribution in [3.8, 4) is 5.75 Å². The highest BCUT2D eigenvalue weighted by atomic mass is 19.4. The molecule has 2 aromatic rings. The zero-order valence-corrected chi connectivity index (χ0v) is 15.5. The molecule has 0 N–H and O–H groups in total. The van der Waals surface area contributed by atoms with E-state index in [2.05, 4.69) is 4.74 Å². The number of ether oxygens (including phenoxy) is 1. The molecule has 0 bridgehead atoms. The number of rotatable bonds is 6. The molecule has 3 rings (SSSR count). The lowest BCUT2D eigenvalue weighted by molar-refractivity contribution is -0.274.